The van der Waals surface area contributed by atoms with E-state index in [1.807, 2.05) is 54.6 Å². The van der Waals surface area contributed by atoms with Gasteiger partial charge < -0.3 is 24.2 Å². The lowest BCUT2D eigenvalue weighted by molar-refractivity contribution is -0.149. The lowest BCUT2D eigenvalue weighted by atomic mass is 10.1. The van der Waals surface area contributed by atoms with Crippen molar-refractivity contribution >= 4 is 12.1 Å². The summed E-state index contributed by atoms with van der Waals surface area (Å²) in [7, 11) is 0. The molecule has 0 radical (unpaired) electrons. The second kappa shape index (κ2) is 14.4. The van der Waals surface area contributed by atoms with E-state index in [1.165, 1.54) is 12.8 Å². The number of hydrogen-bond donors (Lipinski definition) is 1. The van der Waals surface area contributed by atoms with Crippen molar-refractivity contribution in [2.75, 3.05) is 32.9 Å². The predicted octanol–water partition coefficient (Wildman–Crippen LogP) is 4.97. The van der Waals surface area contributed by atoms with Gasteiger partial charge in [-0.3, -0.25) is 0 Å². The second-order valence-corrected chi connectivity index (χ2v) is 8.93. The molecule has 0 aromatic heterocycles. The fraction of sp³-hybridized carbons (Fsp3) is 0.500. The maximum Gasteiger partial charge on any atom is 0.409 e. The number of benzene rings is 2. The molecule has 7 heteroatoms. The number of carbonyl (C=O) groups is 2. The first-order valence-corrected chi connectivity index (χ1v) is 12.6. The van der Waals surface area contributed by atoms with E-state index in [0.29, 0.717) is 57.4 Å². The van der Waals surface area contributed by atoms with Gasteiger partial charge in [0.1, 0.15) is 12.4 Å². The Hall–Kier alpha value is -3.06. The van der Waals surface area contributed by atoms with E-state index in [9.17, 15) is 14.7 Å². The molecule has 2 aromatic carbocycles. The summed E-state index contributed by atoms with van der Waals surface area (Å²) in [5.74, 6) is 0.226. The number of rotatable bonds is 14. The number of carboxylic acids is 1. The Labute approximate surface area is 208 Å². The van der Waals surface area contributed by atoms with Crippen LogP contribution in [0, 0.1) is 5.92 Å². The highest BCUT2D eigenvalue weighted by molar-refractivity contribution is 5.72. The molecule has 7 nitrogen and oxygen atoms in total. The van der Waals surface area contributed by atoms with Crippen molar-refractivity contribution in [1.82, 2.24) is 4.90 Å². The molecule has 0 bridgehead atoms. The smallest absolute Gasteiger partial charge is 0.409 e. The minimum absolute atomic E-state index is 0.289. The van der Waals surface area contributed by atoms with Gasteiger partial charge in [0, 0.05) is 26.0 Å². The van der Waals surface area contributed by atoms with Gasteiger partial charge in [0.15, 0.2) is 6.10 Å². The third-order valence-corrected chi connectivity index (χ3v) is 6.29. The predicted molar refractivity (Wildman–Crippen MR) is 134 cm³/mol. The molecule has 2 aromatic rings. The van der Waals surface area contributed by atoms with Crippen LogP contribution in [0.5, 0.6) is 5.75 Å². The summed E-state index contributed by atoms with van der Waals surface area (Å²) in [5, 5.41) is 9.26. The Balaban J connectivity index is 1.48. The molecule has 35 heavy (non-hydrogen) atoms. The monoisotopic (exact) mass is 483 g/mol. The number of amides is 1. The van der Waals surface area contributed by atoms with Crippen LogP contribution in [0.1, 0.15) is 43.7 Å². The second-order valence-electron chi connectivity index (χ2n) is 8.93. The number of hydrogen-bond acceptors (Lipinski definition) is 5. The lowest BCUT2D eigenvalue weighted by Gasteiger charge is -2.25. The van der Waals surface area contributed by atoms with Gasteiger partial charge in [-0.15, -0.1) is 0 Å². The highest BCUT2D eigenvalue weighted by Crippen LogP contribution is 2.25. The van der Waals surface area contributed by atoms with E-state index in [0.717, 1.165) is 24.0 Å². The van der Waals surface area contributed by atoms with Crippen molar-refractivity contribution in [1.29, 1.82) is 0 Å². The van der Waals surface area contributed by atoms with Crippen molar-refractivity contribution < 1.29 is 28.9 Å². The standard InChI is InChI=1S/C28H37NO6/c1-2-33-26(27(30)31)20-23-12-14-25(15-13-23)34-19-17-29(21-24-10-6-7-11-24)28(32)35-18-16-22-8-4-3-5-9-22/h3-5,8-9,12-15,24,26H,2,6-7,10-11,16-21H2,1H3,(H,30,31). The third kappa shape index (κ3) is 9.25. The van der Waals surface area contributed by atoms with Gasteiger partial charge in [-0.05, 0) is 48.9 Å². The molecule has 1 fully saturated rings. The molecule has 0 saturated heterocycles. The number of nitrogens with zero attached hydrogens (tertiary/aromatic N) is 1. The van der Waals surface area contributed by atoms with Gasteiger partial charge in [-0.25, -0.2) is 9.59 Å². The molecule has 0 spiro atoms. The normalized spacial score (nSPS) is 14.4. The minimum atomic E-state index is -0.967. The average Bonchev–Trinajstić information content (AvgIpc) is 3.38. The number of carboxylic acid groups (broad SMARTS) is 1. The molecule has 1 N–H and O–H groups in total. The molecule has 190 valence electrons. The Kier molecular flexibility index (Phi) is 10.9. The molecule has 1 amide bonds. The molecule has 1 atom stereocenters. The Morgan fingerprint density at radius 1 is 1.00 bits per heavy atom. The van der Waals surface area contributed by atoms with Gasteiger partial charge in [0.25, 0.3) is 0 Å². The van der Waals surface area contributed by atoms with Crippen molar-refractivity contribution in [3.05, 3.63) is 65.7 Å². The summed E-state index contributed by atoms with van der Waals surface area (Å²) < 4.78 is 16.7. The molecule has 1 saturated carbocycles. The van der Waals surface area contributed by atoms with Crippen LogP contribution in [0.2, 0.25) is 0 Å². The first-order chi connectivity index (χ1) is 17.0. The molecule has 0 aliphatic heterocycles. The molecule has 1 unspecified atom stereocenters. The van der Waals surface area contributed by atoms with Crippen LogP contribution >= 0.6 is 0 Å². The third-order valence-electron chi connectivity index (χ3n) is 6.29. The first kappa shape index (κ1) is 26.5. The molecule has 1 aliphatic rings. The van der Waals surface area contributed by atoms with E-state index >= 15 is 0 Å². The van der Waals surface area contributed by atoms with Gasteiger partial charge in [-0.2, -0.15) is 0 Å². The van der Waals surface area contributed by atoms with Crippen molar-refractivity contribution in [2.24, 2.45) is 5.92 Å². The zero-order valence-corrected chi connectivity index (χ0v) is 20.6. The highest BCUT2D eigenvalue weighted by Gasteiger charge is 2.23. The molecule has 1 aliphatic carbocycles. The van der Waals surface area contributed by atoms with Crippen LogP contribution in [-0.4, -0.2) is 61.1 Å². The van der Waals surface area contributed by atoms with E-state index in [-0.39, 0.29) is 6.09 Å². The van der Waals surface area contributed by atoms with E-state index < -0.39 is 12.1 Å². The van der Waals surface area contributed by atoms with Gasteiger partial charge in [0.2, 0.25) is 0 Å². The molecule has 3 rings (SSSR count). The number of ether oxygens (including phenoxy) is 3. The van der Waals surface area contributed by atoms with Gasteiger partial charge >= 0.3 is 12.1 Å². The zero-order chi connectivity index (χ0) is 24.9. The fourth-order valence-corrected chi connectivity index (χ4v) is 4.38. The molecular weight excluding hydrogens is 446 g/mol. The van der Waals surface area contributed by atoms with Crippen LogP contribution in [0.25, 0.3) is 0 Å². The SMILES string of the molecule is CCOC(Cc1ccc(OCCN(CC2CCCC2)C(=O)OCCc2ccccc2)cc1)C(=O)O. The van der Waals surface area contributed by atoms with Gasteiger partial charge in [-0.1, -0.05) is 55.3 Å². The number of carbonyl (C=O) groups excluding carboxylic acids is 1. The Morgan fingerprint density at radius 3 is 2.37 bits per heavy atom. The number of aliphatic carboxylic acids is 1. The molecular formula is C28H37NO6. The zero-order valence-electron chi connectivity index (χ0n) is 20.6. The van der Waals surface area contributed by atoms with Gasteiger partial charge in [0.05, 0.1) is 13.2 Å². The first-order valence-electron chi connectivity index (χ1n) is 12.6. The van der Waals surface area contributed by atoms with E-state index in [2.05, 4.69) is 0 Å². The van der Waals surface area contributed by atoms with Crippen LogP contribution in [0.4, 0.5) is 4.79 Å². The highest BCUT2D eigenvalue weighted by atomic mass is 16.6. The van der Waals surface area contributed by atoms with Crippen molar-refractivity contribution in [3.8, 4) is 5.75 Å². The van der Waals surface area contributed by atoms with Crippen molar-refractivity contribution in [2.45, 2.75) is 51.6 Å². The summed E-state index contributed by atoms with van der Waals surface area (Å²) in [6.07, 6.45) is 4.58. The largest absolute Gasteiger partial charge is 0.492 e. The molecule has 0 heterocycles. The van der Waals surface area contributed by atoms with Crippen molar-refractivity contribution in [3.63, 3.8) is 0 Å². The fourth-order valence-electron chi connectivity index (χ4n) is 4.38. The van der Waals surface area contributed by atoms with Crippen LogP contribution < -0.4 is 4.74 Å². The van der Waals surface area contributed by atoms with E-state index in [1.54, 1.807) is 11.8 Å². The topological polar surface area (TPSA) is 85.3 Å². The quantitative estimate of drug-likeness (QED) is 0.408. The van der Waals surface area contributed by atoms with Crippen LogP contribution in [0.3, 0.4) is 0 Å². The minimum Gasteiger partial charge on any atom is -0.492 e. The summed E-state index contributed by atoms with van der Waals surface area (Å²) in [6.45, 7) is 3.99. The van der Waals surface area contributed by atoms with Crippen LogP contribution in [0.15, 0.2) is 54.6 Å². The Bertz CT molecular complexity index is 895. The van der Waals surface area contributed by atoms with Crippen LogP contribution in [-0.2, 0) is 27.1 Å². The lowest BCUT2D eigenvalue weighted by Crippen LogP contribution is -2.38. The summed E-state index contributed by atoms with van der Waals surface area (Å²) in [5.41, 5.74) is 2.01. The van der Waals surface area contributed by atoms with E-state index in [4.69, 9.17) is 14.2 Å². The maximum atomic E-state index is 12.8. The maximum absolute atomic E-state index is 12.8. The summed E-state index contributed by atoms with van der Waals surface area (Å²) in [6, 6.07) is 17.3. The average molecular weight is 484 g/mol. The Morgan fingerprint density at radius 2 is 1.71 bits per heavy atom. The summed E-state index contributed by atoms with van der Waals surface area (Å²) in [4.78, 5) is 25.9. The summed E-state index contributed by atoms with van der Waals surface area (Å²) >= 11 is 0.